The smallest absolute Gasteiger partial charge is 0.235 e. The molecule has 0 spiro atoms. The molecule has 1 heterocycles. The number of aliphatic hydroxyl groups is 1. The summed E-state index contributed by atoms with van der Waals surface area (Å²) in [7, 11) is -3.34. The molecule has 0 saturated heterocycles. The van der Waals surface area contributed by atoms with Gasteiger partial charge in [0.15, 0.2) is 0 Å². The van der Waals surface area contributed by atoms with E-state index >= 15 is 0 Å². The third-order valence-corrected chi connectivity index (χ3v) is 5.54. The molecule has 110 valence electrons. The van der Waals surface area contributed by atoms with E-state index in [0.717, 1.165) is 0 Å². The van der Waals surface area contributed by atoms with Gasteiger partial charge in [-0.1, -0.05) is 12.1 Å². The van der Waals surface area contributed by atoms with Crippen molar-refractivity contribution in [2.24, 2.45) is 0 Å². The third-order valence-electron chi connectivity index (χ3n) is 3.68. The fourth-order valence-corrected chi connectivity index (χ4v) is 3.91. The van der Waals surface area contributed by atoms with E-state index in [1.165, 1.54) is 0 Å². The summed E-state index contributed by atoms with van der Waals surface area (Å²) in [6, 6.07) is 5.17. The quantitative estimate of drug-likeness (QED) is 0.896. The SMILES string of the molecule is CC1(C)CC(O)c2cccc(NS(=O)(=O)C3CC3)c2O1. The van der Waals surface area contributed by atoms with Crippen LogP contribution in [0, 0.1) is 0 Å². The molecule has 0 aromatic heterocycles. The van der Waals surface area contributed by atoms with Gasteiger partial charge in [-0.3, -0.25) is 4.72 Å². The number of nitrogens with one attached hydrogen (secondary N) is 1. The van der Waals surface area contributed by atoms with E-state index in [4.69, 9.17) is 4.74 Å². The lowest BCUT2D eigenvalue weighted by molar-refractivity contribution is 0.0122. The number of para-hydroxylation sites is 1. The first-order valence-electron chi connectivity index (χ1n) is 6.80. The fraction of sp³-hybridized carbons (Fsp3) is 0.571. The zero-order valence-corrected chi connectivity index (χ0v) is 12.4. The zero-order valence-electron chi connectivity index (χ0n) is 11.6. The highest BCUT2D eigenvalue weighted by molar-refractivity contribution is 7.93. The molecular weight excluding hydrogens is 278 g/mol. The molecular formula is C14H19NO4S. The van der Waals surface area contributed by atoms with Gasteiger partial charge in [0.1, 0.15) is 11.4 Å². The van der Waals surface area contributed by atoms with E-state index in [9.17, 15) is 13.5 Å². The highest BCUT2D eigenvalue weighted by atomic mass is 32.2. The number of fused-ring (bicyclic) bond motifs is 1. The lowest BCUT2D eigenvalue weighted by Gasteiger charge is -2.36. The van der Waals surface area contributed by atoms with E-state index < -0.39 is 21.7 Å². The minimum atomic E-state index is -3.34. The molecule has 1 atom stereocenters. The van der Waals surface area contributed by atoms with E-state index in [-0.39, 0.29) is 5.25 Å². The Morgan fingerprint density at radius 1 is 1.35 bits per heavy atom. The summed E-state index contributed by atoms with van der Waals surface area (Å²) in [4.78, 5) is 0. The van der Waals surface area contributed by atoms with Crippen molar-refractivity contribution in [2.45, 2.75) is 50.1 Å². The van der Waals surface area contributed by atoms with Gasteiger partial charge >= 0.3 is 0 Å². The van der Waals surface area contributed by atoms with Crippen LogP contribution in [0.3, 0.4) is 0 Å². The van der Waals surface area contributed by atoms with Crippen molar-refractivity contribution in [1.29, 1.82) is 0 Å². The normalized spacial score (nSPS) is 24.6. The largest absolute Gasteiger partial charge is 0.485 e. The van der Waals surface area contributed by atoms with Gasteiger partial charge in [-0.05, 0) is 32.8 Å². The van der Waals surface area contributed by atoms with Gasteiger partial charge in [0.05, 0.1) is 17.0 Å². The summed E-state index contributed by atoms with van der Waals surface area (Å²) < 4.78 is 32.6. The van der Waals surface area contributed by atoms with Crippen LogP contribution in [0.25, 0.3) is 0 Å². The van der Waals surface area contributed by atoms with E-state index in [1.54, 1.807) is 18.2 Å². The number of aliphatic hydroxyl groups excluding tert-OH is 1. The predicted octanol–water partition coefficient (Wildman–Crippen LogP) is 2.19. The Hall–Kier alpha value is -1.27. The van der Waals surface area contributed by atoms with Gasteiger partial charge in [0.2, 0.25) is 10.0 Å². The molecule has 0 radical (unpaired) electrons. The Bertz CT molecular complexity index is 635. The van der Waals surface area contributed by atoms with Crippen molar-refractivity contribution in [3.8, 4) is 5.75 Å². The number of sulfonamides is 1. The molecule has 1 aliphatic heterocycles. The predicted molar refractivity (Wildman–Crippen MR) is 76.3 cm³/mol. The van der Waals surface area contributed by atoms with Crippen molar-refractivity contribution < 1.29 is 18.3 Å². The second-order valence-electron chi connectivity index (χ2n) is 6.15. The topological polar surface area (TPSA) is 75.6 Å². The summed E-state index contributed by atoms with van der Waals surface area (Å²) in [5, 5.41) is 9.89. The van der Waals surface area contributed by atoms with E-state index in [0.29, 0.717) is 36.3 Å². The minimum absolute atomic E-state index is 0.292. The minimum Gasteiger partial charge on any atom is -0.485 e. The number of benzene rings is 1. The molecule has 2 N–H and O–H groups in total. The number of anilines is 1. The second kappa shape index (κ2) is 4.36. The van der Waals surface area contributed by atoms with Crippen molar-refractivity contribution in [1.82, 2.24) is 0 Å². The molecule has 1 unspecified atom stereocenters. The Morgan fingerprint density at radius 3 is 2.70 bits per heavy atom. The fourth-order valence-electron chi connectivity index (χ4n) is 2.52. The van der Waals surface area contributed by atoms with Crippen molar-refractivity contribution in [3.05, 3.63) is 23.8 Å². The van der Waals surface area contributed by atoms with E-state index in [2.05, 4.69) is 4.72 Å². The molecule has 0 bridgehead atoms. The van der Waals surface area contributed by atoms with Gasteiger partial charge in [-0.25, -0.2) is 8.42 Å². The molecule has 3 rings (SSSR count). The average Bonchev–Trinajstić information content (AvgIpc) is 3.12. The molecule has 1 fully saturated rings. The van der Waals surface area contributed by atoms with Gasteiger partial charge in [0, 0.05) is 12.0 Å². The van der Waals surface area contributed by atoms with Crippen LogP contribution in [0.4, 0.5) is 5.69 Å². The lowest BCUT2D eigenvalue weighted by atomic mass is 9.91. The first-order valence-corrected chi connectivity index (χ1v) is 8.35. The number of ether oxygens (including phenoxy) is 1. The number of hydrogen-bond acceptors (Lipinski definition) is 4. The average molecular weight is 297 g/mol. The third kappa shape index (κ3) is 2.50. The zero-order chi connectivity index (χ0) is 14.5. The van der Waals surface area contributed by atoms with E-state index in [1.807, 2.05) is 13.8 Å². The molecule has 1 aromatic rings. The van der Waals surface area contributed by atoms with Crippen molar-refractivity contribution >= 4 is 15.7 Å². The van der Waals surface area contributed by atoms with Gasteiger partial charge in [-0.15, -0.1) is 0 Å². The molecule has 0 amide bonds. The van der Waals surface area contributed by atoms with Gasteiger partial charge < -0.3 is 9.84 Å². The van der Waals surface area contributed by atoms with Gasteiger partial charge in [-0.2, -0.15) is 0 Å². The van der Waals surface area contributed by atoms with Crippen molar-refractivity contribution in [2.75, 3.05) is 4.72 Å². The second-order valence-corrected chi connectivity index (χ2v) is 8.11. The highest BCUT2D eigenvalue weighted by Gasteiger charge is 2.38. The Kier molecular flexibility index (Phi) is 2.99. The summed E-state index contributed by atoms with van der Waals surface area (Å²) >= 11 is 0. The molecule has 5 nitrogen and oxygen atoms in total. The standard InChI is InChI=1S/C14H19NO4S/c1-14(2)8-12(16)10-4-3-5-11(13(10)19-14)15-20(17,18)9-6-7-9/h3-5,9,12,15-16H,6-8H2,1-2H3. The Labute approximate surface area is 119 Å². The Balaban J connectivity index is 1.99. The first kappa shape index (κ1) is 13.7. The summed E-state index contributed by atoms with van der Waals surface area (Å²) in [6.07, 6.45) is 1.26. The monoisotopic (exact) mass is 297 g/mol. The van der Waals surface area contributed by atoms with Crippen LogP contribution in [-0.2, 0) is 10.0 Å². The van der Waals surface area contributed by atoms with Crippen LogP contribution in [0.15, 0.2) is 18.2 Å². The summed E-state index contributed by atoms with van der Waals surface area (Å²) in [5.74, 6) is 0.445. The Morgan fingerprint density at radius 2 is 2.05 bits per heavy atom. The van der Waals surface area contributed by atoms with Crippen LogP contribution in [0.5, 0.6) is 5.75 Å². The molecule has 6 heteroatoms. The maximum atomic E-state index is 12.1. The highest BCUT2D eigenvalue weighted by Crippen LogP contribution is 2.44. The van der Waals surface area contributed by atoms with Crippen LogP contribution >= 0.6 is 0 Å². The van der Waals surface area contributed by atoms with Crippen LogP contribution in [0.2, 0.25) is 0 Å². The lowest BCUT2D eigenvalue weighted by Crippen LogP contribution is -2.35. The number of rotatable bonds is 3. The first-order chi connectivity index (χ1) is 9.28. The number of hydrogen-bond donors (Lipinski definition) is 2. The molecule has 20 heavy (non-hydrogen) atoms. The van der Waals surface area contributed by atoms with Crippen molar-refractivity contribution in [3.63, 3.8) is 0 Å². The van der Waals surface area contributed by atoms with Crippen LogP contribution in [0.1, 0.15) is 44.8 Å². The molecule has 1 aromatic carbocycles. The maximum absolute atomic E-state index is 12.1. The van der Waals surface area contributed by atoms with Crippen LogP contribution in [-0.4, -0.2) is 24.4 Å². The van der Waals surface area contributed by atoms with Gasteiger partial charge in [0.25, 0.3) is 0 Å². The summed E-state index contributed by atoms with van der Waals surface area (Å²) in [6.45, 7) is 3.76. The van der Waals surface area contributed by atoms with Crippen LogP contribution < -0.4 is 9.46 Å². The summed E-state index contributed by atoms with van der Waals surface area (Å²) in [5.41, 5.74) is 0.537. The molecule has 1 aliphatic carbocycles. The molecule has 2 aliphatic rings. The molecule has 1 saturated carbocycles. The maximum Gasteiger partial charge on any atom is 0.235 e.